The van der Waals surface area contributed by atoms with Gasteiger partial charge in [-0.15, -0.1) is 0 Å². The molecular weight excluding hydrogens is 364 g/mol. The van der Waals surface area contributed by atoms with Gasteiger partial charge in [-0.1, -0.05) is 29.8 Å². The molecule has 0 bridgehead atoms. The zero-order chi connectivity index (χ0) is 19.4. The van der Waals surface area contributed by atoms with Crippen LogP contribution in [0.1, 0.15) is 25.5 Å². The number of rotatable bonds is 5. The van der Waals surface area contributed by atoms with E-state index in [2.05, 4.69) is 22.8 Å². The number of methoxy groups -OCH3 is 1. The zero-order valence-corrected chi connectivity index (χ0v) is 16.7. The van der Waals surface area contributed by atoms with Gasteiger partial charge in [0.05, 0.1) is 17.8 Å². The van der Waals surface area contributed by atoms with Gasteiger partial charge in [0.2, 0.25) is 0 Å². The fourth-order valence-electron chi connectivity index (χ4n) is 3.45. The fraction of sp³-hybridized carbons (Fsp3) is 0.381. The standard InChI is InChI=1S/C21H25ClN2O3/c1-15(17-8-9-20(27-16(2)25)21(14-17)26-3)23-10-12-24(13-11-23)19-7-5-4-6-18(19)22/h4-9,14-15H,10-13H2,1-3H3. The van der Waals surface area contributed by atoms with Gasteiger partial charge in [0.1, 0.15) is 0 Å². The summed E-state index contributed by atoms with van der Waals surface area (Å²) >= 11 is 6.33. The minimum absolute atomic E-state index is 0.235. The monoisotopic (exact) mass is 388 g/mol. The first kappa shape index (κ1) is 19.5. The highest BCUT2D eigenvalue weighted by Gasteiger charge is 2.24. The lowest BCUT2D eigenvalue weighted by atomic mass is 10.0. The molecule has 1 atom stereocenters. The van der Waals surface area contributed by atoms with Crippen LogP contribution in [0.5, 0.6) is 11.5 Å². The van der Waals surface area contributed by atoms with Gasteiger partial charge < -0.3 is 14.4 Å². The number of halogens is 1. The summed E-state index contributed by atoms with van der Waals surface area (Å²) in [6, 6.07) is 14.0. The predicted octanol–water partition coefficient (Wildman–Crippen LogP) is 4.16. The maximum absolute atomic E-state index is 11.2. The molecule has 1 aliphatic rings. The van der Waals surface area contributed by atoms with E-state index in [0.29, 0.717) is 11.5 Å². The second kappa shape index (κ2) is 8.63. The molecule has 5 nitrogen and oxygen atoms in total. The first-order valence-electron chi connectivity index (χ1n) is 9.09. The number of carbonyl (C=O) groups is 1. The predicted molar refractivity (Wildman–Crippen MR) is 108 cm³/mol. The van der Waals surface area contributed by atoms with E-state index in [9.17, 15) is 4.79 Å². The second-order valence-electron chi connectivity index (χ2n) is 6.65. The Morgan fingerprint density at radius 1 is 1.07 bits per heavy atom. The van der Waals surface area contributed by atoms with Crippen LogP contribution in [0.25, 0.3) is 0 Å². The molecule has 0 amide bonds. The van der Waals surface area contributed by atoms with Crippen molar-refractivity contribution in [1.29, 1.82) is 0 Å². The molecule has 3 rings (SSSR count). The van der Waals surface area contributed by atoms with Crippen LogP contribution in [-0.4, -0.2) is 44.2 Å². The van der Waals surface area contributed by atoms with E-state index in [4.69, 9.17) is 21.1 Å². The number of benzene rings is 2. The molecule has 27 heavy (non-hydrogen) atoms. The Labute approximate surface area is 165 Å². The number of hydrogen-bond donors (Lipinski definition) is 0. The van der Waals surface area contributed by atoms with E-state index < -0.39 is 0 Å². The largest absolute Gasteiger partial charge is 0.493 e. The van der Waals surface area contributed by atoms with Gasteiger partial charge in [0, 0.05) is 39.1 Å². The summed E-state index contributed by atoms with van der Waals surface area (Å²) in [6.07, 6.45) is 0. The highest BCUT2D eigenvalue weighted by atomic mass is 35.5. The molecule has 0 N–H and O–H groups in total. The van der Waals surface area contributed by atoms with Crippen molar-refractivity contribution in [1.82, 2.24) is 4.90 Å². The first-order valence-corrected chi connectivity index (χ1v) is 9.47. The smallest absolute Gasteiger partial charge is 0.308 e. The van der Waals surface area contributed by atoms with Crippen LogP contribution in [0.4, 0.5) is 5.69 Å². The van der Waals surface area contributed by atoms with Crippen LogP contribution in [0, 0.1) is 0 Å². The summed E-state index contributed by atoms with van der Waals surface area (Å²) in [5, 5.41) is 0.796. The third-order valence-electron chi connectivity index (χ3n) is 4.98. The Balaban J connectivity index is 1.68. The van der Waals surface area contributed by atoms with E-state index in [-0.39, 0.29) is 12.0 Å². The van der Waals surface area contributed by atoms with Crippen molar-refractivity contribution in [2.45, 2.75) is 19.9 Å². The van der Waals surface area contributed by atoms with E-state index >= 15 is 0 Å². The average molecular weight is 389 g/mol. The van der Waals surface area contributed by atoms with Gasteiger partial charge in [-0.05, 0) is 36.8 Å². The van der Waals surface area contributed by atoms with Crippen LogP contribution < -0.4 is 14.4 Å². The summed E-state index contributed by atoms with van der Waals surface area (Å²) in [5.41, 5.74) is 2.23. The molecule has 0 saturated carbocycles. The minimum Gasteiger partial charge on any atom is -0.493 e. The van der Waals surface area contributed by atoms with Crippen LogP contribution in [0.3, 0.4) is 0 Å². The lowest BCUT2D eigenvalue weighted by molar-refractivity contribution is -0.132. The van der Waals surface area contributed by atoms with E-state index in [0.717, 1.165) is 42.5 Å². The summed E-state index contributed by atoms with van der Waals surface area (Å²) < 4.78 is 10.6. The quantitative estimate of drug-likeness (QED) is 0.568. The molecule has 0 spiro atoms. The van der Waals surface area contributed by atoms with Gasteiger partial charge in [-0.2, -0.15) is 0 Å². The van der Waals surface area contributed by atoms with Crippen molar-refractivity contribution in [2.75, 3.05) is 38.2 Å². The molecular formula is C21H25ClN2O3. The molecule has 144 valence electrons. The number of anilines is 1. The van der Waals surface area contributed by atoms with Crippen molar-refractivity contribution >= 4 is 23.3 Å². The highest BCUT2D eigenvalue weighted by Crippen LogP contribution is 2.33. The van der Waals surface area contributed by atoms with E-state index in [1.165, 1.54) is 6.92 Å². The number of para-hydroxylation sites is 1. The van der Waals surface area contributed by atoms with Crippen LogP contribution in [-0.2, 0) is 4.79 Å². The molecule has 2 aromatic carbocycles. The van der Waals surface area contributed by atoms with Gasteiger partial charge in [0.25, 0.3) is 0 Å². The Bertz CT molecular complexity index is 804. The maximum atomic E-state index is 11.2. The molecule has 1 fully saturated rings. The Morgan fingerprint density at radius 3 is 2.41 bits per heavy atom. The van der Waals surface area contributed by atoms with Crippen molar-refractivity contribution in [3.8, 4) is 11.5 Å². The molecule has 0 radical (unpaired) electrons. The summed E-state index contributed by atoms with van der Waals surface area (Å²) in [5.74, 6) is 0.665. The Kier molecular flexibility index (Phi) is 6.24. The number of piperazine rings is 1. The lowest BCUT2D eigenvalue weighted by Gasteiger charge is -2.39. The second-order valence-corrected chi connectivity index (χ2v) is 7.06. The summed E-state index contributed by atoms with van der Waals surface area (Å²) in [6.45, 7) is 7.31. The van der Waals surface area contributed by atoms with Gasteiger partial charge in [-0.3, -0.25) is 9.69 Å². The SMILES string of the molecule is COc1cc(C(C)N2CCN(c3ccccc3Cl)CC2)ccc1OC(C)=O. The van der Waals surface area contributed by atoms with Crippen LogP contribution in [0.2, 0.25) is 5.02 Å². The van der Waals surface area contributed by atoms with E-state index in [1.807, 2.05) is 30.3 Å². The number of ether oxygens (including phenoxy) is 2. The normalized spacial score (nSPS) is 16.1. The molecule has 1 saturated heterocycles. The number of hydrogen-bond acceptors (Lipinski definition) is 5. The van der Waals surface area contributed by atoms with Crippen molar-refractivity contribution in [3.05, 3.63) is 53.1 Å². The molecule has 0 aromatic heterocycles. The summed E-state index contributed by atoms with van der Waals surface area (Å²) in [7, 11) is 1.58. The lowest BCUT2D eigenvalue weighted by Crippen LogP contribution is -2.47. The summed E-state index contributed by atoms with van der Waals surface area (Å²) in [4.78, 5) is 16.0. The Morgan fingerprint density at radius 2 is 1.78 bits per heavy atom. The number of nitrogens with zero attached hydrogens (tertiary/aromatic N) is 2. The van der Waals surface area contributed by atoms with Gasteiger partial charge in [0.15, 0.2) is 11.5 Å². The van der Waals surface area contributed by atoms with Crippen molar-refractivity contribution in [2.24, 2.45) is 0 Å². The minimum atomic E-state index is -0.357. The molecule has 1 unspecified atom stereocenters. The third kappa shape index (κ3) is 4.54. The van der Waals surface area contributed by atoms with Crippen molar-refractivity contribution < 1.29 is 14.3 Å². The average Bonchev–Trinajstić information content (AvgIpc) is 2.68. The fourth-order valence-corrected chi connectivity index (χ4v) is 3.71. The zero-order valence-electron chi connectivity index (χ0n) is 15.9. The molecule has 1 heterocycles. The molecule has 2 aromatic rings. The molecule has 0 aliphatic carbocycles. The third-order valence-corrected chi connectivity index (χ3v) is 5.30. The Hall–Kier alpha value is -2.24. The van der Waals surface area contributed by atoms with E-state index in [1.54, 1.807) is 13.2 Å². The van der Waals surface area contributed by atoms with Crippen LogP contribution >= 0.6 is 11.6 Å². The first-order chi connectivity index (χ1) is 13.0. The maximum Gasteiger partial charge on any atom is 0.308 e. The van der Waals surface area contributed by atoms with Crippen molar-refractivity contribution in [3.63, 3.8) is 0 Å². The molecule has 6 heteroatoms. The number of esters is 1. The van der Waals surface area contributed by atoms with Gasteiger partial charge in [-0.25, -0.2) is 0 Å². The molecule has 1 aliphatic heterocycles. The highest BCUT2D eigenvalue weighted by molar-refractivity contribution is 6.33. The number of carbonyl (C=O) groups excluding carboxylic acids is 1. The van der Waals surface area contributed by atoms with Crippen LogP contribution in [0.15, 0.2) is 42.5 Å². The topological polar surface area (TPSA) is 42.0 Å². The van der Waals surface area contributed by atoms with Gasteiger partial charge >= 0.3 is 5.97 Å².